The molecule has 0 radical (unpaired) electrons. The van der Waals surface area contributed by atoms with E-state index in [-0.39, 0.29) is 0 Å². The number of benzene rings is 1. The zero-order valence-electron chi connectivity index (χ0n) is 12.8. The summed E-state index contributed by atoms with van der Waals surface area (Å²) in [5.74, 6) is 0.925. The molecule has 0 fully saturated rings. The van der Waals surface area contributed by atoms with Gasteiger partial charge in [-0.1, -0.05) is 13.3 Å². The first kappa shape index (κ1) is 14.4. The molecule has 4 heteroatoms. The first-order chi connectivity index (χ1) is 9.60. The minimum Gasteiger partial charge on any atom is -0.378 e. The van der Waals surface area contributed by atoms with Crippen LogP contribution in [0.15, 0.2) is 30.5 Å². The van der Waals surface area contributed by atoms with Crippen LogP contribution < -0.4 is 10.2 Å². The number of aromatic nitrogens is 2. The van der Waals surface area contributed by atoms with Crippen LogP contribution in [-0.4, -0.2) is 23.6 Å². The van der Waals surface area contributed by atoms with Crippen LogP contribution in [0, 0.1) is 6.92 Å². The Labute approximate surface area is 121 Å². The molecule has 4 nitrogen and oxygen atoms in total. The zero-order chi connectivity index (χ0) is 14.5. The fraction of sp³-hybridized carbons (Fsp3) is 0.438. The van der Waals surface area contributed by atoms with Crippen LogP contribution in [0.4, 0.5) is 17.3 Å². The lowest BCUT2D eigenvalue weighted by atomic mass is 10.2. The van der Waals surface area contributed by atoms with E-state index in [1.54, 1.807) is 0 Å². The van der Waals surface area contributed by atoms with Gasteiger partial charge in [0.25, 0.3) is 0 Å². The van der Waals surface area contributed by atoms with Crippen LogP contribution in [0.2, 0.25) is 0 Å². The fourth-order valence-corrected chi connectivity index (χ4v) is 2.12. The molecule has 0 atom stereocenters. The quantitative estimate of drug-likeness (QED) is 0.868. The number of aryl methyl sites for hydroxylation is 2. The van der Waals surface area contributed by atoms with Gasteiger partial charge in [0, 0.05) is 38.2 Å². The average Bonchev–Trinajstić information content (AvgIpc) is 2.77. The summed E-state index contributed by atoms with van der Waals surface area (Å²) in [4.78, 5) is 6.65. The number of imidazole rings is 1. The molecule has 0 spiro atoms. The molecule has 0 amide bonds. The second kappa shape index (κ2) is 6.46. The Balaban J connectivity index is 2.12. The van der Waals surface area contributed by atoms with Crippen molar-refractivity contribution in [3.8, 4) is 0 Å². The van der Waals surface area contributed by atoms with E-state index >= 15 is 0 Å². The lowest BCUT2D eigenvalue weighted by Crippen LogP contribution is -2.08. The third kappa shape index (κ3) is 3.53. The summed E-state index contributed by atoms with van der Waals surface area (Å²) in [6.07, 6.45) is 4.46. The molecule has 0 bridgehead atoms. The molecule has 1 aromatic heterocycles. The topological polar surface area (TPSA) is 33.1 Å². The van der Waals surface area contributed by atoms with Crippen molar-refractivity contribution in [2.24, 2.45) is 0 Å². The van der Waals surface area contributed by atoms with Crippen LogP contribution >= 0.6 is 0 Å². The molecule has 20 heavy (non-hydrogen) atoms. The predicted molar refractivity (Wildman–Crippen MR) is 85.9 cm³/mol. The molecule has 2 aromatic rings. The average molecular weight is 272 g/mol. The highest BCUT2D eigenvalue weighted by Gasteiger charge is 2.05. The van der Waals surface area contributed by atoms with Gasteiger partial charge in [0.1, 0.15) is 0 Å². The molecule has 0 aliphatic carbocycles. The van der Waals surface area contributed by atoms with E-state index in [2.05, 4.69) is 57.2 Å². The van der Waals surface area contributed by atoms with Crippen molar-refractivity contribution in [1.29, 1.82) is 0 Å². The number of anilines is 3. The maximum absolute atomic E-state index is 4.56. The van der Waals surface area contributed by atoms with Gasteiger partial charge >= 0.3 is 0 Å². The summed E-state index contributed by atoms with van der Waals surface area (Å²) in [5, 5.41) is 3.40. The third-order valence-electron chi connectivity index (χ3n) is 3.29. The van der Waals surface area contributed by atoms with Crippen molar-refractivity contribution in [2.45, 2.75) is 33.2 Å². The van der Waals surface area contributed by atoms with Crippen molar-refractivity contribution >= 4 is 17.3 Å². The van der Waals surface area contributed by atoms with Gasteiger partial charge in [0.2, 0.25) is 5.95 Å². The first-order valence-electron chi connectivity index (χ1n) is 7.18. The lowest BCUT2D eigenvalue weighted by Gasteiger charge is -2.13. The van der Waals surface area contributed by atoms with Crippen LogP contribution in [-0.2, 0) is 6.54 Å². The molecule has 0 aliphatic rings. The summed E-state index contributed by atoms with van der Waals surface area (Å²) < 4.78 is 2.19. The van der Waals surface area contributed by atoms with Gasteiger partial charge in [0.15, 0.2) is 0 Å². The van der Waals surface area contributed by atoms with Gasteiger partial charge in [-0.2, -0.15) is 0 Å². The number of hydrogen-bond acceptors (Lipinski definition) is 3. The normalized spacial score (nSPS) is 10.6. The summed E-state index contributed by atoms with van der Waals surface area (Å²) in [7, 11) is 4.09. The summed E-state index contributed by atoms with van der Waals surface area (Å²) in [5.41, 5.74) is 3.31. The van der Waals surface area contributed by atoms with Crippen molar-refractivity contribution in [3.63, 3.8) is 0 Å². The van der Waals surface area contributed by atoms with E-state index in [9.17, 15) is 0 Å². The maximum atomic E-state index is 4.56. The van der Waals surface area contributed by atoms with Crippen LogP contribution in [0.1, 0.15) is 25.5 Å². The monoisotopic (exact) mass is 272 g/mol. The highest BCUT2D eigenvalue weighted by Crippen LogP contribution is 2.20. The Kier molecular flexibility index (Phi) is 4.66. The van der Waals surface area contributed by atoms with Crippen LogP contribution in [0.3, 0.4) is 0 Å². The second-order valence-electron chi connectivity index (χ2n) is 5.32. The molecule has 0 aliphatic heterocycles. The van der Waals surface area contributed by atoms with Gasteiger partial charge in [-0.05, 0) is 37.6 Å². The number of unbranched alkanes of at least 4 members (excludes halogenated alkanes) is 1. The number of rotatable bonds is 6. The van der Waals surface area contributed by atoms with Crippen molar-refractivity contribution in [1.82, 2.24) is 9.55 Å². The molecular weight excluding hydrogens is 248 g/mol. The molecule has 1 N–H and O–H groups in total. The minimum absolute atomic E-state index is 0.925. The van der Waals surface area contributed by atoms with Crippen LogP contribution in [0.25, 0.3) is 0 Å². The van der Waals surface area contributed by atoms with Gasteiger partial charge < -0.3 is 14.8 Å². The maximum Gasteiger partial charge on any atom is 0.207 e. The lowest BCUT2D eigenvalue weighted by molar-refractivity contribution is 0.637. The fourth-order valence-electron chi connectivity index (χ4n) is 2.12. The Hall–Kier alpha value is -1.97. The third-order valence-corrected chi connectivity index (χ3v) is 3.29. The van der Waals surface area contributed by atoms with Gasteiger partial charge in [-0.15, -0.1) is 0 Å². The zero-order valence-corrected chi connectivity index (χ0v) is 12.8. The molecule has 1 aromatic carbocycles. The van der Waals surface area contributed by atoms with E-state index in [0.29, 0.717) is 0 Å². The van der Waals surface area contributed by atoms with Crippen molar-refractivity contribution < 1.29 is 0 Å². The summed E-state index contributed by atoms with van der Waals surface area (Å²) in [6.45, 7) is 5.25. The standard InChI is InChI=1S/C16H24N4/c1-5-6-11-20-12-13(2)17-16(20)18-14-7-9-15(10-8-14)19(3)4/h7-10,12H,5-6,11H2,1-4H3,(H,17,18). The van der Waals surface area contributed by atoms with E-state index in [1.807, 2.05) is 21.0 Å². The van der Waals surface area contributed by atoms with Gasteiger partial charge in [-0.3, -0.25) is 0 Å². The number of hydrogen-bond donors (Lipinski definition) is 1. The van der Waals surface area contributed by atoms with E-state index in [0.717, 1.165) is 23.9 Å². The smallest absolute Gasteiger partial charge is 0.207 e. The predicted octanol–water partition coefficient (Wildman–Crippen LogP) is 3.80. The molecule has 0 saturated heterocycles. The van der Waals surface area contributed by atoms with Crippen molar-refractivity contribution in [2.75, 3.05) is 24.3 Å². The summed E-state index contributed by atoms with van der Waals surface area (Å²) in [6, 6.07) is 8.38. The van der Waals surface area contributed by atoms with E-state index in [1.165, 1.54) is 18.5 Å². The Morgan fingerprint density at radius 1 is 1.20 bits per heavy atom. The Morgan fingerprint density at radius 3 is 2.50 bits per heavy atom. The minimum atomic E-state index is 0.925. The molecule has 108 valence electrons. The molecule has 1 heterocycles. The summed E-state index contributed by atoms with van der Waals surface area (Å²) >= 11 is 0. The number of nitrogens with one attached hydrogen (secondary N) is 1. The van der Waals surface area contributed by atoms with Crippen LogP contribution in [0.5, 0.6) is 0 Å². The van der Waals surface area contributed by atoms with Crippen molar-refractivity contribution in [3.05, 3.63) is 36.2 Å². The molecule has 0 unspecified atom stereocenters. The molecule has 2 rings (SSSR count). The Morgan fingerprint density at radius 2 is 1.90 bits per heavy atom. The van der Waals surface area contributed by atoms with Gasteiger partial charge in [-0.25, -0.2) is 4.98 Å². The SMILES string of the molecule is CCCCn1cc(C)nc1Nc1ccc(N(C)C)cc1. The Bertz CT molecular complexity index is 540. The molecular formula is C16H24N4. The number of nitrogens with zero attached hydrogens (tertiary/aromatic N) is 3. The largest absolute Gasteiger partial charge is 0.378 e. The second-order valence-corrected chi connectivity index (χ2v) is 5.32. The van der Waals surface area contributed by atoms with E-state index in [4.69, 9.17) is 0 Å². The molecule has 0 saturated carbocycles. The highest BCUT2D eigenvalue weighted by molar-refractivity contribution is 5.59. The first-order valence-corrected chi connectivity index (χ1v) is 7.18. The van der Waals surface area contributed by atoms with E-state index < -0.39 is 0 Å². The van der Waals surface area contributed by atoms with Gasteiger partial charge in [0.05, 0.1) is 5.69 Å². The highest BCUT2D eigenvalue weighted by atomic mass is 15.2.